The Morgan fingerprint density at radius 2 is 1.23 bits per heavy atom. The molecule has 4 aromatic carbocycles. The summed E-state index contributed by atoms with van der Waals surface area (Å²) in [5.41, 5.74) is 6.68. The Morgan fingerprint density at radius 1 is 0.600 bits per heavy atom. The van der Waals surface area contributed by atoms with Gasteiger partial charge >= 0.3 is 0 Å². The molecule has 1 heteroatoms. The number of rotatable bonds is 9. The van der Waals surface area contributed by atoms with E-state index in [9.17, 15) is 4.39 Å². The molecule has 0 aliphatic carbocycles. The van der Waals surface area contributed by atoms with E-state index in [1.807, 2.05) is 30.3 Å². The highest BCUT2D eigenvalue weighted by molar-refractivity contribution is 5.85. The van der Waals surface area contributed by atoms with Crippen LogP contribution in [0.15, 0.2) is 78.9 Å². The van der Waals surface area contributed by atoms with Crippen molar-refractivity contribution in [1.82, 2.24) is 0 Å². The van der Waals surface area contributed by atoms with Crippen molar-refractivity contribution in [3.05, 3.63) is 118 Å². The molecule has 0 saturated heterocycles. The number of unbranched alkanes of at least 4 members (excludes halogenated alkanes) is 3. The minimum absolute atomic E-state index is 0.235. The fourth-order valence-electron chi connectivity index (χ4n) is 4.47. The molecular weight excluding hydrogens is 427 g/mol. The topological polar surface area (TPSA) is 0 Å². The molecule has 178 valence electrons. The summed E-state index contributed by atoms with van der Waals surface area (Å²) in [6, 6.07) is 27.1. The van der Waals surface area contributed by atoms with Crippen LogP contribution in [0, 0.1) is 17.7 Å². The summed E-state index contributed by atoms with van der Waals surface area (Å²) in [6.07, 6.45) is 9.40. The quantitative estimate of drug-likeness (QED) is 0.172. The molecule has 4 aromatic rings. The predicted octanol–water partition coefficient (Wildman–Crippen LogP) is 8.85. The van der Waals surface area contributed by atoms with Crippen molar-refractivity contribution in [2.24, 2.45) is 0 Å². The van der Waals surface area contributed by atoms with Crippen LogP contribution in [-0.4, -0.2) is 0 Å². The largest absolute Gasteiger partial charge is 0.205 e. The summed E-state index contributed by atoms with van der Waals surface area (Å²) in [6.45, 7) is 4.36. The van der Waals surface area contributed by atoms with Gasteiger partial charge in [-0.15, -0.1) is 0 Å². The van der Waals surface area contributed by atoms with Gasteiger partial charge in [0.05, 0.1) is 5.56 Å². The maximum absolute atomic E-state index is 14.9. The van der Waals surface area contributed by atoms with Crippen molar-refractivity contribution < 1.29 is 4.39 Å². The van der Waals surface area contributed by atoms with E-state index in [1.165, 1.54) is 54.4 Å². The van der Waals surface area contributed by atoms with E-state index < -0.39 is 0 Å². The van der Waals surface area contributed by atoms with Crippen LogP contribution in [0.25, 0.3) is 10.8 Å². The van der Waals surface area contributed by atoms with Crippen molar-refractivity contribution in [2.45, 2.75) is 65.2 Å². The van der Waals surface area contributed by atoms with Crippen molar-refractivity contribution in [2.75, 3.05) is 0 Å². The zero-order valence-electron chi connectivity index (χ0n) is 21.0. The van der Waals surface area contributed by atoms with Gasteiger partial charge in [0.15, 0.2) is 0 Å². The number of benzene rings is 4. The van der Waals surface area contributed by atoms with Gasteiger partial charge < -0.3 is 0 Å². The first-order chi connectivity index (χ1) is 17.2. The SMILES string of the molecule is CCCCCCc1ccc(CCc2ccc(C#Cc3ccc4cc(CC)ccc4c3F)cc2)cc1. The Balaban J connectivity index is 1.34. The summed E-state index contributed by atoms with van der Waals surface area (Å²) in [5.74, 6) is 5.92. The Morgan fingerprint density at radius 3 is 1.89 bits per heavy atom. The Bertz CT molecular complexity index is 1300. The summed E-state index contributed by atoms with van der Waals surface area (Å²) in [5, 5.41) is 1.56. The highest BCUT2D eigenvalue weighted by atomic mass is 19.1. The molecule has 0 fully saturated rings. The molecule has 0 spiro atoms. The summed E-state index contributed by atoms with van der Waals surface area (Å²) < 4.78 is 14.9. The van der Waals surface area contributed by atoms with Crippen molar-refractivity contribution >= 4 is 10.8 Å². The Labute approximate surface area is 210 Å². The zero-order chi connectivity index (χ0) is 24.5. The number of aryl methyl sites for hydroxylation is 4. The third kappa shape index (κ3) is 6.83. The highest BCUT2D eigenvalue weighted by Gasteiger charge is 2.06. The molecule has 35 heavy (non-hydrogen) atoms. The first-order valence-corrected chi connectivity index (χ1v) is 13.1. The second kappa shape index (κ2) is 12.4. The van der Waals surface area contributed by atoms with E-state index in [0.717, 1.165) is 30.2 Å². The Kier molecular flexibility index (Phi) is 8.74. The van der Waals surface area contributed by atoms with Crippen LogP contribution in [0.3, 0.4) is 0 Å². The molecule has 0 bridgehead atoms. The molecule has 0 N–H and O–H groups in total. The van der Waals surface area contributed by atoms with Gasteiger partial charge in [-0.3, -0.25) is 0 Å². The minimum Gasteiger partial charge on any atom is -0.205 e. The number of fused-ring (bicyclic) bond motifs is 1. The van der Waals surface area contributed by atoms with Crippen LogP contribution in [0.4, 0.5) is 4.39 Å². The minimum atomic E-state index is -0.235. The normalized spacial score (nSPS) is 10.8. The maximum Gasteiger partial charge on any atom is 0.146 e. The fourth-order valence-corrected chi connectivity index (χ4v) is 4.47. The first kappa shape index (κ1) is 24.7. The van der Waals surface area contributed by atoms with Gasteiger partial charge in [-0.05, 0) is 77.9 Å². The van der Waals surface area contributed by atoms with Crippen LogP contribution in [0.2, 0.25) is 0 Å². The second-order valence-electron chi connectivity index (χ2n) is 9.41. The van der Waals surface area contributed by atoms with Gasteiger partial charge in [-0.1, -0.05) is 106 Å². The lowest BCUT2D eigenvalue weighted by Gasteiger charge is -2.05. The fraction of sp³-hybridized carbons (Fsp3) is 0.294. The first-order valence-electron chi connectivity index (χ1n) is 13.1. The number of hydrogen-bond acceptors (Lipinski definition) is 0. The van der Waals surface area contributed by atoms with Gasteiger partial charge in [-0.2, -0.15) is 0 Å². The van der Waals surface area contributed by atoms with Crippen LogP contribution < -0.4 is 0 Å². The van der Waals surface area contributed by atoms with Crippen LogP contribution in [0.5, 0.6) is 0 Å². The van der Waals surface area contributed by atoms with Crippen molar-refractivity contribution in [1.29, 1.82) is 0 Å². The molecule has 0 saturated carbocycles. The van der Waals surface area contributed by atoms with Gasteiger partial charge in [0, 0.05) is 10.9 Å². The van der Waals surface area contributed by atoms with E-state index in [2.05, 4.69) is 68.2 Å². The third-order valence-electron chi connectivity index (χ3n) is 6.77. The van der Waals surface area contributed by atoms with Gasteiger partial charge in [0.1, 0.15) is 5.82 Å². The lowest BCUT2D eigenvalue weighted by atomic mass is 10.0. The van der Waals surface area contributed by atoms with Crippen molar-refractivity contribution in [3.63, 3.8) is 0 Å². The lowest BCUT2D eigenvalue weighted by molar-refractivity contribution is 0.636. The van der Waals surface area contributed by atoms with Gasteiger partial charge in [0.2, 0.25) is 0 Å². The van der Waals surface area contributed by atoms with E-state index in [0.29, 0.717) is 10.9 Å². The molecule has 0 unspecified atom stereocenters. The molecule has 0 atom stereocenters. The van der Waals surface area contributed by atoms with E-state index in [1.54, 1.807) is 6.07 Å². The average molecular weight is 463 g/mol. The molecule has 0 amide bonds. The molecular formula is C34H35F. The lowest BCUT2D eigenvalue weighted by Crippen LogP contribution is -1.93. The smallest absolute Gasteiger partial charge is 0.146 e. The second-order valence-corrected chi connectivity index (χ2v) is 9.41. The maximum atomic E-state index is 14.9. The number of halogens is 1. The van der Waals surface area contributed by atoms with E-state index >= 15 is 0 Å². The van der Waals surface area contributed by atoms with E-state index in [-0.39, 0.29) is 5.82 Å². The predicted molar refractivity (Wildman–Crippen MR) is 147 cm³/mol. The number of hydrogen-bond donors (Lipinski definition) is 0. The van der Waals surface area contributed by atoms with Crippen LogP contribution >= 0.6 is 0 Å². The molecule has 0 aliphatic heterocycles. The van der Waals surface area contributed by atoms with Crippen LogP contribution in [-0.2, 0) is 25.7 Å². The monoisotopic (exact) mass is 462 g/mol. The van der Waals surface area contributed by atoms with Crippen molar-refractivity contribution in [3.8, 4) is 11.8 Å². The van der Waals surface area contributed by atoms with Gasteiger partial charge in [0.25, 0.3) is 0 Å². The highest BCUT2D eigenvalue weighted by Crippen LogP contribution is 2.22. The Hall–Kier alpha value is -3.37. The van der Waals surface area contributed by atoms with Gasteiger partial charge in [-0.25, -0.2) is 4.39 Å². The van der Waals surface area contributed by atoms with Crippen LogP contribution in [0.1, 0.15) is 72.9 Å². The average Bonchev–Trinajstić information content (AvgIpc) is 2.90. The molecule has 0 aliphatic rings. The zero-order valence-corrected chi connectivity index (χ0v) is 21.0. The summed E-state index contributed by atoms with van der Waals surface area (Å²) in [7, 11) is 0. The molecule has 0 nitrogen and oxygen atoms in total. The third-order valence-corrected chi connectivity index (χ3v) is 6.77. The standard InChI is InChI=1S/C34H35F/c1-3-5-6-7-8-27-9-11-28(12-10-27)13-14-29-15-17-30(18-16-29)19-21-31-22-23-32-25-26(4-2)20-24-33(32)34(31)35/h9-12,15-18,20,22-25H,3-8,13-14H2,1-2H3. The molecule has 0 heterocycles. The molecule has 0 radical (unpaired) electrons. The summed E-state index contributed by atoms with van der Waals surface area (Å²) >= 11 is 0. The summed E-state index contributed by atoms with van der Waals surface area (Å²) in [4.78, 5) is 0. The van der Waals surface area contributed by atoms with E-state index in [4.69, 9.17) is 0 Å². The molecule has 0 aromatic heterocycles. The molecule has 4 rings (SSSR count).